The van der Waals surface area contributed by atoms with Gasteiger partial charge < -0.3 is 19.9 Å². The fourth-order valence-electron chi connectivity index (χ4n) is 3.81. The van der Waals surface area contributed by atoms with Gasteiger partial charge >= 0.3 is 6.03 Å². The number of nitrogens with zero attached hydrogens (tertiary/aromatic N) is 3. The van der Waals surface area contributed by atoms with Gasteiger partial charge in [-0.25, -0.2) is 4.79 Å². The largest absolute Gasteiger partial charge is 0.497 e. The molecule has 0 saturated carbocycles. The number of ether oxygens (including phenoxy) is 1. The van der Waals surface area contributed by atoms with Gasteiger partial charge in [-0.1, -0.05) is 19.9 Å². The summed E-state index contributed by atoms with van der Waals surface area (Å²) in [6, 6.07) is 7.35. The molecule has 4 amide bonds. The molecule has 0 aliphatic carbocycles. The van der Waals surface area contributed by atoms with Crippen molar-refractivity contribution in [1.82, 2.24) is 15.1 Å². The fourth-order valence-corrected chi connectivity index (χ4v) is 3.81. The smallest absolute Gasteiger partial charge is 0.325 e. The normalized spacial score (nSPS) is 19.0. The number of benzene rings is 1. The van der Waals surface area contributed by atoms with Gasteiger partial charge in [0, 0.05) is 37.9 Å². The Hall–Kier alpha value is -2.77. The molecule has 28 heavy (non-hydrogen) atoms. The highest BCUT2D eigenvalue weighted by Crippen LogP contribution is 2.25. The summed E-state index contributed by atoms with van der Waals surface area (Å²) < 4.78 is 5.27. The monoisotopic (exact) mass is 388 g/mol. The molecule has 0 aromatic heterocycles. The molecular weight excluding hydrogens is 360 g/mol. The van der Waals surface area contributed by atoms with Gasteiger partial charge in [-0.15, -0.1) is 0 Å². The summed E-state index contributed by atoms with van der Waals surface area (Å²) in [4.78, 5) is 42.6. The molecule has 2 aliphatic rings. The lowest BCUT2D eigenvalue weighted by atomic mass is 9.93. The van der Waals surface area contributed by atoms with Crippen LogP contribution in [0.2, 0.25) is 0 Å². The third-order valence-corrected chi connectivity index (χ3v) is 5.80. The van der Waals surface area contributed by atoms with Crippen LogP contribution in [-0.4, -0.2) is 73.0 Å². The molecule has 2 fully saturated rings. The molecule has 8 heteroatoms. The van der Waals surface area contributed by atoms with Crippen LogP contribution in [0.3, 0.4) is 0 Å². The van der Waals surface area contributed by atoms with E-state index < -0.39 is 11.6 Å². The Kier molecular flexibility index (Phi) is 5.76. The fraction of sp³-hybridized carbons (Fsp3) is 0.550. The van der Waals surface area contributed by atoms with Gasteiger partial charge in [0.15, 0.2) is 0 Å². The summed E-state index contributed by atoms with van der Waals surface area (Å²) in [5.74, 6) is 0.299. The van der Waals surface area contributed by atoms with E-state index in [1.54, 1.807) is 12.0 Å². The van der Waals surface area contributed by atoms with Gasteiger partial charge in [0.1, 0.15) is 17.8 Å². The number of anilines is 1. The number of nitrogens with one attached hydrogen (secondary N) is 1. The molecule has 0 unspecified atom stereocenters. The molecule has 8 nitrogen and oxygen atoms in total. The van der Waals surface area contributed by atoms with Gasteiger partial charge in [0.05, 0.1) is 7.11 Å². The molecule has 3 rings (SSSR count). The topological polar surface area (TPSA) is 82.2 Å². The Balaban J connectivity index is 1.58. The van der Waals surface area contributed by atoms with Crippen molar-refractivity contribution in [3.8, 4) is 5.75 Å². The van der Waals surface area contributed by atoms with Crippen LogP contribution in [0, 0.1) is 0 Å². The van der Waals surface area contributed by atoms with Crippen LogP contribution in [-0.2, 0) is 9.59 Å². The van der Waals surface area contributed by atoms with E-state index in [-0.39, 0.29) is 18.4 Å². The van der Waals surface area contributed by atoms with Crippen LogP contribution in [0.15, 0.2) is 24.3 Å². The predicted molar refractivity (Wildman–Crippen MR) is 105 cm³/mol. The molecule has 2 aliphatic heterocycles. The lowest BCUT2D eigenvalue weighted by Crippen LogP contribution is -2.52. The number of amides is 4. The van der Waals surface area contributed by atoms with E-state index in [4.69, 9.17) is 4.74 Å². The minimum atomic E-state index is -0.873. The molecular formula is C20H28N4O4. The second-order valence-corrected chi connectivity index (χ2v) is 7.18. The van der Waals surface area contributed by atoms with Crippen LogP contribution < -0.4 is 15.0 Å². The molecule has 0 bridgehead atoms. The second-order valence-electron chi connectivity index (χ2n) is 7.18. The van der Waals surface area contributed by atoms with Gasteiger partial charge in [0.2, 0.25) is 5.91 Å². The number of rotatable bonds is 6. The zero-order chi connectivity index (χ0) is 20.3. The number of carbonyl (C=O) groups excluding carboxylic acids is 3. The summed E-state index contributed by atoms with van der Waals surface area (Å²) >= 11 is 0. The maximum Gasteiger partial charge on any atom is 0.325 e. The van der Waals surface area contributed by atoms with E-state index in [0.717, 1.165) is 16.3 Å². The first-order valence-electron chi connectivity index (χ1n) is 9.75. The molecule has 1 N–H and O–H groups in total. The van der Waals surface area contributed by atoms with E-state index >= 15 is 0 Å². The van der Waals surface area contributed by atoms with E-state index in [0.29, 0.717) is 39.0 Å². The minimum absolute atomic E-state index is 0.197. The average molecular weight is 388 g/mol. The van der Waals surface area contributed by atoms with Crippen molar-refractivity contribution < 1.29 is 19.1 Å². The van der Waals surface area contributed by atoms with Gasteiger partial charge in [-0.05, 0) is 25.0 Å². The maximum absolute atomic E-state index is 12.7. The van der Waals surface area contributed by atoms with E-state index in [1.807, 2.05) is 38.1 Å². The summed E-state index contributed by atoms with van der Waals surface area (Å²) in [5.41, 5.74) is 0.179. The van der Waals surface area contributed by atoms with Gasteiger partial charge in [-0.3, -0.25) is 14.5 Å². The zero-order valence-corrected chi connectivity index (χ0v) is 16.7. The lowest BCUT2D eigenvalue weighted by Gasteiger charge is -2.36. The highest BCUT2D eigenvalue weighted by atomic mass is 16.5. The lowest BCUT2D eigenvalue weighted by molar-refractivity contribution is -0.139. The van der Waals surface area contributed by atoms with Crippen molar-refractivity contribution in [3.63, 3.8) is 0 Å². The third kappa shape index (κ3) is 3.63. The molecule has 0 atom stereocenters. The maximum atomic E-state index is 12.7. The SMILES string of the molecule is CCC1(CC)NC(=O)N(CC(=O)N2CCN(c3cccc(OC)c3)CC2)C1=O. The Morgan fingerprint density at radius 2 is 1.82 bits per heavy atom. The number of methoxy groups -OCH3 is 1. The molecule has 152 valence electrons. The van der Waals surface area contributed by atoms with Crippen LogP contribution in [0.25, 0.3) is 0 Å². The van der Waals surface area contributed by atoms with E-state index in [2.05, 4.69) is 10.2 Å². The summed E-state index contributed by atoms with van der Waals surface area (Å²) in [5, 5.41) is 2.76. The highest BCUT2D eigenvalue weighted by Gasteiger charge is 2.49. The number of hydrogen-bond acceptors (Lipinski definition) is 5. The predicted octanol–water partition coefficient (Wildman–Crippen LogP) is 1.45. The molecule has 2 saturated heterocycles. The standard InChI is InChI=1S/C20H28N4O4/c1-4-20(5-2)18(26)24(19(27)21-20)14-17(25)23-11-9-22(10-12-23)15-7-6-8-16(13-15)28-3/h6-8,13H,4-5,9-12,14H2,1-3H3,(H,21,27). The van der Waals surface area contributed by atoms with Crippen molar-refractivity contribution in [3.05, 3.63) is 24.3 Å². The quantitative estimate of drug-likeness (QED) is 0.746. The summed E-state index contributed by atoms with van der Waals surface area (Å²) in [6.07, 6.45) is 1.02. The summed E-state index contributed by atoms with van der Waals surface area (Å²) in [6.45, 7) is 6.00. The first-order valence-corrected chi connectivity index (χ1v) is 9.75. The van der Waals surface area contributed by atoms with Gasteiger partial charge in [-0.2, -0.15) is 0 Å². The Labute approximate surface area is 165 Å². The number of imide groups is 1. The van der Waals surface area contributed by atoms with Crippen molar-refractivity contribution in [1.29, 1.82) is 0 Å². The number of piperazine rings is 1. The second kappa shape index (κ2) is 8.08. The van der Waals surface area contributed by atoms with Crippen molar-refractivity contribution >= 4 is 23.5 Å². The Bertz CT molecular complexity index is 754. The van der Waals surface area contributed by atoms with Crippen molar-refractivity contribution in [2.45, 2.75) is 32.2 Å². The molecule has 1 aromatic carbocycles. The Morgan fingerprint density at radius 1 is 1.14 bits per heavy atom. The number of carbonyl (C=O) groups is 3. The van der Waals surface area contributed by atoms with E-state index in [9.17, 15) is 14.4 Å². The van der Waals surface area contributed by atoms with Crippen LogP contribution in [0.1, 0.15) is 26.7 Å². The zero-order valence-electron chi connectivity index (χ0n) is 16.7. The molecule has 1 aromatic rings. The minimum Gasteiger partial charge on any atom is -0.497 e. The molecule has 2 heterocycles. The first kappa shape index (κ1) is 20.0. The molecule has 0 spiro atoms. The van der Waals surface area contributed by atoms with Crippen LogP contribution in [0.5, 0.6) is 5.75 Å². The highest BCUT2D eigenvalue weighted by molar-refractivity contribution is 6.09. The van der Waals surface area contributed by atoms with E-state index in [1.165, 1.54) is 0 Å². The molecule has 0 radical (unpaired) electrons. The van der Waals surface area contributed by atoms with Crippen molar-refractivity contribution in [2.75, 3.05) is 44.7 Å². The average Bonchev–Trinajstić information content (AvgIpc) is 2.98. The van der Waals surface area contributed by atoms with Crippen LogP contribution >= 0.6 is 0 Å². The third-order valence-electron chi connectivity index (χ3n) is 5.80. The Morgan fingerprint density at radius 3 is 2.39 bits per heavy atom. The summed E-state index contributed by atoms with van der Waals surface area (Å²) in [7, 11) is 1.64. The van der Waals surface area contributed by atoms with Crippen molar-refractivity contribution in [2.24, 2.45) is 0 Å². The van der Waals surface area contributed by atoms with Gasteiger partial charge in [0.25, 0.3) is 5.91 Å². The number of hydrogen-bond donors (Lipinski definition) is 1. The number of urea groups is 1. The van der Waals surface area contributed by atoms with Crippen LogP contribution in [0.4, 0.5) is 10.5 Å². The first-order chi connectivity index (χ1) is 13.4.